The van der Waals surface area contributed by atoms with E-state index in [0.717, 1.165) is 56.1 Å². The number of nitrogens with one attached hydrogen (secondary N) is 1. The molecule has 7 heteroatoms. The second kappa shape index (κ2) is 8.92. The molecule has 2 N–H and O–H groups in total. The van der Waals surface area contributed by atoms with Crippen LogP contribution in [-0.2, 0) is 11.3 Å². The zero-order valence-corrected chi connectivity index (χ0v) is 17.2. The van der Waals surface area contributed by atoms with Gasteiger partial charge in [-0.1, -0.05) is 12.1 Å². The van der Waals surface area contributed by atoms with Gasteiger partial charge in [-0.25, -0.2) is 4.39 Å². The number of H-pyrrole nitrogens is 1. The van der Waals surface area contributed by atoms with Gasteiger partial charge in [-0.3, -0.25) is 14.9 Å². The topological polar surface area (TPSA) is 64.6 Å². The van der Waals surface area contributed by atoms with Crippen molar-refractivity contribution in [1.29, 1.82) is 0 Å². The smallest absolute Gasteiger partial charge is 0.123 e. The van der Waals surface area contributed by atoms with E-state index in [0.29, 0.717) is 5.92 Å². The van der Waals surface area contributed by atoms with E-state index in [-0.39, 0.29) is 30.5 Å². The van der Waals surface area contributed by atoms with Crippen LogP contribution in [0.2, 0.25) is 0 Å². The summed E-state index contributed by atoms with van der Waals surface area (Å²) in [4.78, 5) is 4.86. The molecule has 2 aromatic rings. The zero-order chi connectivity index (χ0) is 20.4. The fraction of sp³-hybridized carbons (Fsp3) is 0.591. The average molecular weight is 403 g/mol. The molecule has 0 radical (unpaired) electrons. The number of morpholine rings is 1. The quantitative estimate of drug-likeness (QED) is 0.777. The first-order valence-corrected chi connectivity index (χ1v) is 10.5. The summed E-state index contributed by atoms with van der Waals surface area (Å²) in [5.74, 6) is 0.452. The van der Waals surface area contributed by atoms with E-state index in [2.05, 4.69) is 33.8 Å². The van der Waals surface area contributed by atoms with Crippen LogP contribution in [0.3, 0.4) is 0 Å². The van der Waals surface area contributed by atoms with Crippen molar-refractivity contribution in [3.63, 3.8) is 0 Å². The van der Waals surface area contributed by atoms with Gasteiger partial charge in [-0.2, -0.15) is 5.10 Å². The maximum atomic E-state index is 13.6. The number of aliphatic hydroxyl groups excluding tert-OH is 1. The first kappa shape index (κ1) is 20.5. The monoisotopic (exact) mass is 402 g/mol. The molecule has 0 amide bonds. The Labute approximate surface area is 171 Å². The number of likely N-dealkylation sites (tertiary alicyclic amines) is 1. The van der Waals surface area contributed by atoms with Crippen molar-refractivity contribution in [3.05, 3.63) is 41.8 Å². The first-order chi connectivity index (χ1) is 14.0. The second-order valence-electron chi connectivity index (χ2n) is 8.65. The highest BCUT2D eigenvalue weighted by atomic mass is 19.1. The van der Waals surface area contributed by atoms with E-state index in [1.165, 1.54) is 12.1 Å². The van der Waals surface area contributed by atoms with E-state index in [1.54, 1.807) is 6.07 Å². The van der Waals surface area contributed by atoms with Crippen LogP contribution >= 0.6 is 0 Å². The van der Waals surface area contributed by atoms with Crippen molar-refractivity contribution < 1.29 is 14.2 Å². The third kappa shape index (κ3) is 4.86. The fourth-order valence-corrected chi connectivity index (χ4v) is 4.91. The van der Waals surface area contributed by atoms with E-state index < -0.39 is 0 Å². The minimum atomic E-state index is -0.251. The molecular weight excluding hydrogens is 371 g/mol. The molecule has 0 bridgehead atoms. The van der Waals surface area contributed by atoms with Gasteiger partial charge in [-0.15, -0.1) is 0 Å². The largest absolute Gasteiger partial charge is 0.396 e. The van der Waals surface area contributed by atoms with Gasteiger partial charge in [0.15, 0.2) is 0 Å². The van der Waals surface area contributed by atoms with E-state index in [1.807, 2.05) is 12.3 Å². The van der Waals surface area contributed by atoms with Gasteiger partial charge < -0.3 is 9.84 Å². The lowest BCUT2D eigenvalue weighted by molar-refractivity contribution is -0.0727. The standard InChI is InChI=1S/C22H31FN4O2/c1-15-8-26(9-16(2)29-15)11-19-12-27(13-20(19)14-28)10-18-7-24-25-22(18)17-4-3-5-21(23)6-17/h3-7,15-16,19-20,28H,8-14H2,1-2H3,(H,24,25)/t15-,16+,19-,20-/m1/s1. The number of rotatable bonds is 6. The van der Waals surface area contributed by atoms with Crippen molar-refractivity contribution in [2.45, 2.75) is 32.6 Å². The summed E-state index contributed by atoms with van der Waals surface area (Å²) in [6.07, 6.45) is 2.33. The number of hydrogen-bond acceptors (Lipinski definition) is 5. The SMILES string of the molecule is C[C@@H]1CN(C[C@@H]2CN(Cc3cn[nH]c3-c3cccc(F)c3)C[C@@H]2CO)C[C@H](C)O1. The Hall–Kier alpha value is -1.80. The Morgan fingerprint density at radius 3 is 2.62 bits per heavy atom. The molecule has 2 saturated heterocycles. The molecule has 1 aromatic carbocycles. The molecule has 3 heterocycles. The number of benzene rings is 1. The summed E-state index contributed by atoms with van der Waals surface area (Å²) in [5.41, 5.74) is 2.73. The second-order valence-corrected chi connectivity index (χ2v) is 8.65. The molecule has 4 atom stereocenters. The van der Waals surface area contributed by atoms with Gasteiger partial charge in [0, 0.05) is 57.0 Å². The van der Waals surface area contributed by atoms with Crippen LogP contribution in [0.25, 0.3) is 11.3 Å². The van der Waals surface area contributed by atoms with Crippen LogP contribution in [0.15, 0.2) is 30.5 Å². The van der Waals surface area contributed by atoms with Crippen LogP contribution < -0.4 is 0 Å². The van der Waals surface area contributed by atoms with Gasteiger partial charge >= 0.3 is 0 Å². The van der Waals surface area contributed by atoms with Gasteiger partial charge in [0.05, 0.1) is 24.1 Å². The number of aromatic nitrogens is 2. The van der Waals surface area contributed by atoms with E-state index in [9.17, 15) is 9.50 Å². The number of halogens is 1. The summed E-state index contributed by atoms with van der Waals surface area (Å²) in [6.45, 7) is 9.89. The molecule has 0 aliphatic carbocycles. The lowest BCUT2D eigenvalue weighted by atomic mass is 9.96. The Bertz CT molecular complexity index is 804. The zero-order valence-electron chi connectivity index (χ0n) is 17.2. The van der Waals surface area contributed by atoms with Gasteiger partial charge in [-0.05, 0) is 37.8 Å². The molecule has 29 heavy (non-hydrogen) atoms. The molecule has 0 unspecified atom stereocenters. The van der Waals surface area contributed by atoms with Gasteiger partial charge in [0.1, 0.15) is 5.82 Å². The maximum Gasteiger partial charge on any atom is 0.123 e. The molecular formula is C22H31FN4O2. The number of aliphatic hydroxyl groups is 1. The van der Waals surface area contributed by atoms with Crippen molar-refractivity contribution >= 4 is 0 Å². The maximum absolute atomic E-state index is 13.6. The highest BCUT2D eigenvalue weighted by molar-refractivity contribution is 5.62. The Morgan fingerprint density at radius 1 is 1.14 bits per heavy atom. The number of hydrogen-bond donors (Lipinski definition) is 2. The van der Waals surface area contributed by atoms with Crippen molar-refractivity contribution in [1.82, 2.24) is 20.0 Å². The molecule has 6 nitrogen and oxygen atoms in total. The summed E-state index contributed by atoms with van der Waals surface area (Å²) in [6, 6.07) is 6.59. The Morgan fingerprint density at radius 2 is 1.90 bits per heavy atom. The van der Waals surface area contributed by atoms with E-state index >= 15 is 0 Å². The summed E-state index contributed by atoms with van der Waals surface area (Å²) in [5, 5.41) is 17.2. The molecule has 4 rings (SSSR count). The minimum absolute atomic E-state index is 0.207. The van der Waals surface area contributed by atoms with E-state index in [4.69, 9.17) is 4.74 Å². The van der Waals surface area contributed by atoms with Crippen LogP contribution in [0.1, 0.15) is 19.4 Å². The molecule has 0 spiro atoms. The highest BCUT2D eigenvalue weighted by Gasteiger charge is 2.35. The summed E-state index contributed by atoms with van der Waals surface area (Å²) < 4.78 is 19.5. The third-order valence-electron chi connectivity index (χ3n) is 6.10. The van der Waals surface area contributed by atoms with Crippen LogP contribution in [0.5, 0.6) is 0 Å². The molecule has 0 saturated carbocycles. The third-order valence-corrected chi connectivity index (χ3v) is 6.10. The highest BCUT2D eigenvalue weighted by Crippen LogP contribution is 2.29. The Kier molecular flexibility index (Phi) is 6.29. The van der Waals surface area contributed by atoms with Crippen molar-refractivity contribution in [3.8, 4) is 11.3 Å². The molecule has 2 fully saturated rings. The number of aromatic amines is 1. The van der Waals surface area contributed by atoms with Gasteiger partial charge in [0.25, 0.3) is 0 Å². The van der Waals surface area contributed by atoms with Crippen LogP contribution in [0, 0.1) is 17.7 Å². The van der Waals surface area contributed by atoms with Crippen molar-refractivity contribution in [2.75, 3.05) is 39.3 Å². The number of ether oxygens (including phenoxy) is 1. The van der Waals surface area contributed by atoms with Crippen LogP contribution in [0.4, 0.5) is 4.39 Å². The molecule has 2 aliphatic heterocycles. The average Bonchev–Trinajstić information content (AvgIpc) is 3.28. The Balaban J connectivity index is 1.41. The molecule has 2 aliphatic rings. The number of nitrogens with zero attached hydrogens (tertiary/aromatic N) is 3. The first-order valence-electron chi connectivity index (χ1n) is 10.5. The van der Waals surface area contributed by atoms with Crippen molar-refractivity contribution in [2.24, 2.45) is 11.8 Å². The lowest BCUT2D eigenvalue weighted by Crippen LogP contribution is -2.48. The lowest BCUT2D eigenvalue weighted by Gasteiger charge is -2.37. The minimum Gasteiger partial charge on any atom is -0.396 e. The molecule has 158 valence electrons. The summed E-state index contributed by atoms with van der Waals surface area (Å²) >= 11 is 0. The predicted molar refractivity (Wildman–Crippen MR) is 110 cm³/mol. The molecule has 1 aromatic heterocycles. The fourth-order valence-electron chi connectivity index (χ4n) is 4.91. The summed E-state index contributed by atoms with van der Waals surface area (Å²) in [7, 11) is 0. The normalized spacial score (nSPS) is 28.8. The van der Waals surface area contributed by atoms with Crippen LogP contribution in [-0.4, -0.2) is 76.6 Å². The van der Waals surface area contributed by atoms with Gasteiger partial charge in [0.2, 0.25) is 0 Å². The predicted octanol–water partition coefficient (Wildman–Crippen LogP) is 2.37.